The van der Waals surface area contributed by atoms with Crippen molar-refractivity contribution in [1.82, 2.24) is 15.1 Å². The largest absolute Gasteiger partial charge is 0.392 e. The molecule has 7 heteroatoms. The van der Waals surface area contributed by atoms with Crippen molar-refractivity contribution in [3.05, 3.63) is 21.6 Å². The van der Waals surface area contributed by atoms with Gasteiger partial charge in [-0.15, -0.1) is 0 Å². The van der Waals surface area contributed by atoms with Gasteiger partial charge in [-0.3, -0.25) is 9.69 Å². The van der Waals surface area contributed by atoms with Gasteiger partial charge in [-0.2, -0.15) is 5.10 Å². The number of anilines is 1. The average molecular weight is 273 g/mol. The number of aliphatic hydroxyl groups is 1. The van der Waals surface area contributed by atoms with Gasteiger partial charge in [0.05, 0.1) is 18.0 Å². The second-order valence-electron chi connectivity index (χ2n) is 4.54. The van der Waals surface area contributed by atoms with Gasteiger partial charge in [-0.05, 0) is 6.92 Å². The van der Waals surface area contributed by atoms with E-state index in [-0.39, 0.29) is 16.7 Å². The molecule has 0 bridgehead atoms. The number of hydrogen-bond donors (Lipinski definition) is 2. The van der Waals surface area contributed by atoms with Crippen molar-refractivity contribution in [3.8, 4) is 0 Å². The third-order valence-corrected chi connectivity index (χ3v) is 3.38. The van der Waals surface area contributed by atoms with Gasteiger partial charge in [0, 0.05) is 32.7 Å². The number of aliphatic hydroxyl groups excluding tert-OH is 1. The second-order valence-corrected chi connectivity index (χ2v) is 4.91. The lowest BCUT2D eigenvalue weighted by Crippen LogP contribution is -2.48. The van der Waals surface area contributed by atoms with E-state index in [9.17, 15) is 9.90 Å². The first-order valence-corrected chi connectivity index (χ1v) is 6.34. The summed E-state index contributed by atoms with van der Waals surface area (Å²) in [5, 5.41) is 15.6. The number of rotatable bonds is 3. The Morgan fingerprint density at radius 3 is 2.78 bits per heavy atom. The Hall–Kier alpha value is -1.11. The zero-order valence-corrected chi connectivity index (χ0v) is 11.0. The molecule has 2 N–H and O–H groups in total. The minimum atomic E-state index is -0.361. The van der Waals surface area contributed by atoms with Crippen molar-refractivity contribution in [2.24, 2.45) is 0 Å². The summed E-state index contributed by atoms with van der Waals surface area (Å²) >= 11 is 5.97. The van der Waals surface area contributed by atoms with Gasteiger partial charge in [0.2, 0.25) is 0 Å². The summed E-state index contributed by atoms with van der Waals surface area (Å²) in [5.41, 5.74) is 0.317. The summed E-state index contributed by atoms with van der Waals surface area (Å²) in [4.78, 5) is 15.6. The van der Waals surface area contributed by atoms with E-state index in [2.05, 4.69) is 15.1 Å². The van der Waals surface area contributed by atoms with Crippen molar-refractivity contribution in [2.75, 3.05) is 37.6 Å². The fourth-order valence-corrected chi connectivity index (χ4v) is 2.35. The van der Waals surface area contributed by atoms with Crippen LogP contribution >= 0.6 is 11.6 Å². The van der Waals surface area contributed by atoms with Crippen LogP contribution in [-0.2, 0) is 0 Å². The maximum Gasteiger partial charge on any atom is 0.285 e. The molecule has 2 heterocycles. The topological polar surface area (TPSA) is 72.5 Å². The third kappa shape index (κ3) is 3.01. The predicted molar refractivity (Wildman–Crippen MR) is 70.2 cm³/mol. The lowest BCUT2D eigenvalue weighted by molar-refractivity contribution is 0.122. The molecule has 0 unspecified atom stereocenters. The summed E-state index contributed by atoms with van der Waals surface area (Å²) in [6, 6.07) is 0. The Morgan fingerprint density at radius 1 is 1.50 bits per heavy atom. The van der Waals surface area contributed by atoms with Crippen LogP contribution in [0.1, 0.15) is 6.92 Å². The summed E-state index contributed by atoms with van der Waals surface area (Å²) in [7, 11) is 0. The first-order valence-electron chi connectivity index (χ1n) is 5.96. The normalized spacial score (nSPS) is 18.9. The van der Waals surface area contributed by atoms with E-state index in [4.69, 9.17) is 11.6 Å². The van der Waals surface area contributed by atoms with Crippen LogP contribution in [-0.4, -0.2) is 59.0 Å². The molecule has 1 atom stereocenters. The lowest BCUT2D eigenvalue weighted by atomic mass is 10.2. The highest BCUT2D eigenvalue weighted by Gasteiger charge is 2.20. The zero-order chi connectivity index (χ0) is 13.1. The summed E-state index contributed by atoms with van der Waals surface area (Å²) in [6.45, 7) is 5.69. The van der Waals surface area contributed by atoms with Crippen LogP contribution < -0.4 is 10.5 Å². The van der Waals surface area contributed by atoms with Gasteiger partial charge < -0.3 is 10.0 Å². The van der Waals surface area contributed by atoms with Crippen LogP contribution in [0, 0.1) is 0 Å². The monoisotopic (exact) mass is 272 g/mol. The molecule has 1 aromatic heterocycles. The van der Waals surface area contributed by atoms with Gasteiger partial charge in [0.15, 0.2) is 0 Å². The van der Waals surface area contributed by atoms with Gasteiger partial charge in [-0.25, -0.2) is 5.10 Å². The molecule has 1 aliphatic rings. The molecule has 18 heavy (non-hydrogen) atoms. The Bertz CT molecular complexity index is 455. The Morgan fingerprint density at radius 2 is 2.17 bits per heavy atom. The summed E-state index contributed by atoms with van der Waals surface area (Å²) in [5.74, 6) is 0. The number of aromatic amines is 1. The number of aromatic nitrogens is 2. The number of halogens is 1. The van der Waals surface area contributed by atoms with Crippen molar-refractivity contribution in [2.45, 2.75) is 13.0 Å². The van der Waals surface area contributed by atoms with Crippen molar-refractivity contribution < 1.29 is 5.11 Å². The van der Waals surface area contributed by atoms with Crippen LogP contribution in [0.5, 0.6) is 0 Å². The van der Waals surface area contributed by atoms with Crippen LogP contribution in [0.25, 0.3) is 0 Å². The van der Waals surface area contributed by atoms with Crippen LogP contribution in [0.3, 0.4) is 0 Å². The Kier molecular flexibility index (Phi) is 4.21. The SMILES string of the molecule is C[C@@H](O)CN1CCN(c2cn[nH]c(=O)c2Cl)CC1. The third-order valence-electron chi connectivity index (χ3n) is 3.01. The quantitative estimate of drug-likeness (QED) is 0.806. The highest BCUT2D eigenvalue weighted by atomic mass is 35.5. The maximum atomic E-state index is 11.4. The van der Waals surface area contributed by atoms with Gasteiger partial charge in [0.25, 0.3) is 5.56 Å². The molecular weight excluding hydrogens is 256 g/mol. The number of β-amino-alcohol motifs (C(OH)–C–C–N with tert-alkyl or cyclic N) is 1. The lowest BCUT2D eigenvalue weighted by Gasteiger charge is -2.36. The zero-order valence-electron chi connectivity index (χ0n) is 10.3. The van der Waals surface area contributed by atoms with E-state index in [1.54, 1.807) is 13.1 Å². The first-order chi connectivity index (χ1) is 8.58. The minimum absolute atomic E-state index is 0.189. The molecule has 1 fully saturated rings. The fraction of sp³-hybridized carbons (Fsp3) is 0.636. The molecule has 0 amide bonds. The van der Waals surface area contributed by atoms with E-state index in [1.807, 2.05) is 4.90 Å². The van der Waals surface area contributed by atoms with E-state index in [0.717, 1.165) is 26.2 Å². The van der Waals surface area contributed by atoms with Crippen LogP contribution in [0.4, 0.5) is 5.69 Å². The number of hydrogen-bond acceptors (Lipinski definition) is 5. The molecule has 100 valence electrons. The van der Waals surface area contributed by atoms with E-state index >= 15 is 0 Å². The minimum Gasteiger partial charge on any atom is -0.392 e. The smallest absolute Gasteiger partial charge is 0.285 e. The van der Waals surface area contributed by atoms with Gasteiger partial charge in [-0.1, -0.05) is 11.6 Å². The highest BCUT2D eigenvalue weighted by Crippen LogP contribution is 2.21. The molecule has 0 radical (unpaired) electrons. The highest BCUT2D eigenvalue weighted by molar-refractivity contribution is 6.32. The van der Waals surface area contributed by atoms with Crippen molar-refractivity contribution >= 4 is 17.3 Å². The molecule has 1 aliphatic heterocycles. The summed E-state index contributed by atoms with van der Waals surface area (Å²) in [6.07, 6.45) is 1.26. The molecule has 0 aliphatic carbocycles. The molecule has 6 nitrogen and oxygen atoms in total. The van der Waals surface area contributed by atoms with Crippen molar-refractivity contribution in [1.29, 1.82) is 0 Å². The molecule has 1 saturated heterocycles. The van der Waals surface area contributed by atoms with Gasteiger partial charge in [0.1, 0.15) is 5.02 Å². The van der Waals surface area contributed by atoms with E-state index in [1.165, 1.54) is 0 Å². The second kappa shape index (κ2) is 5.69. The first kappa shape index (κ1) is 13.3. The van der Waals surface area contributed by atoms with Crippen LogP contribution in [0.15, 0.2) is 11.0 Å². The number of nitrogens with zero attached hydrogens (tertiary/aromatic N) is 3. The fourth-order valence-electron chi connectivity index (χ4n) is 2.14. The Balaban J connectivity index is 2.01. The summed E-state index contributed by atoms with van der Waals surface area (Å²) < 4.78 is 0. The molecule has 0 spiro atoms. The number of piperazine rings is 1. The van der Waals surface area contributed by atoms with Gasteiger partial charge >= 0.3 is 0 Å². The van der Waals surface area contributed by atoms with Crippen LogP contribution in [0.2, 0.25) is 5.02 Å². The Labute approximate surface area is 110 Å². The molecular formula is C11H17ClN4O2. The number of H-pyrrole nitrogens is 1. The van der Waals surface area contributed by atoms with E-state index in [0.29, 0.717) is 12.2 Å². The van der Waals surface area contributed by atoms with Crippen molar-refractivity contribution in [3.63, 3.8) is 0 Å². The molecule has 0 saturated carbocycles. The van der Waals surface area contributed by atoms with E-state index < -0.39 is 0 Å². The molecule has 2 rings (SSSR count). The maximum absolute atomic E-state index is 11.4. The standard InChI is InChI=1S/C11H17ClN4O2/c1-8(17)7-15-2-4-16(5-3-15)9-6-13-14-11(18)10(9)12/h6,8,17H,2-5,7H2,1H3,(H,14,18)/t8-/m1/s1. The number of nitrogens with one attached hydrogen (secondary N) is 1. The predicted octanol–water partition coefficient (Wildman–Crippen LogP) is -0.0739. The molecule has 0 aromatic carbocycles. The molecule has 1 aromatic rings. The average Bonchev–Trinajstić information content (AvgIpc) is 2.33.